The fourth-order valence-corrected chi connectivity index (χ4v) is 8.50. The highest BCUT2D eigenvalue weighted by molar-refractivity contribution is 5.89. The molecule has 0 bridgehead atoms. The summed E-state index contributed by atoms with van der Waals surface area (Å²) < 4.78 is 56.8. The minimum absolute atomic E-state index is 0.000991. The smallest absolute Gasteiger partial charge is 0.402 e. The lowest BCUT2D eigenvalue weighted by Gasteiger charge is -2.42. The Morgan fingerprint density at radius 1 is 0.566 bits per heavy atom. The van der Waals surface area contributed by atoms with Gasteiger partial charge in [0.1, 0.15) is 121 Å². The topological polar surface area (TPSA) is 455 Å². The molecular formula is C48H57O28+. The number of phenolic OH excluding ortho intramolecular Hbond substituents is 4. The number of phenols is 4. The molecule has 0 amide bonds. The normalized spacial score (nSPS) is 36.0. The molecule has 4 saturated heterocycles. The van der Waals surface area contributed by atoms with Crippen LogP contribution in [-0.2, 0) is 33.2 Å². The van der Waals surface area contributed by atoms with E-state index in [0.717, 1.165) is 36.4 Å². The van der Waals surface area contributed by atoms with E-state index in [1.807, 2.05) is 0 Å². The molecule has 3 aromatic carbocycles. The van der Waals surface area contributed by atoms with E-state index in [2.05, 4.69) is 0 Å². The monoisotopic (exact) mass is 1080 g/mol. The highest BCUT2D eigenvalue weighted by Gasteiger charge is 2.50. The van der Waals surface area contributed by atoms with Crippen LogP contribution in [0.3, 0.4) is 0 Å². The third-order valence-corrected chi connectivity index (χ3v) is 13.0. The van der Waals surface area contributed by atoms with Crippen molar-refractivity contribution < 1.29 is 139 Å². The van der Waals surface area contributed by atoms with Crippen molar-refractivity contribution >= 4 is 23.0 Å². The van der Waals surface area contributed by atoms with Gasteiger partial charge in [0.15, 0.2) is 17.8 Å². The number of esters is 1. The number of benzene rings is 3. The zero-order chi connectivity index (χ0) is 55.0. The number of aliphatic hydroxyl groups is 13. The van der Waals surface area contributed by atoms with Crippen molar-refractivity contribution in [1.82, 2.24) is 0 Å². The maximum Gasteiger partial charge on any atom is 0.402 e. The lowest BCUT2D eigenvalue weighted by atomic mass is 9.98. The zero-order valence-electron chi connectivity index (χ0n) is 39.6. The minimum Gasteiger partial charge on any atom is -0.508 e. The van der Waals surface area contributed by atoms with Crippen LogP contribution in [0.1, 0.15) is 12.5 Å². The van der Waals surface area contributed by atoms with Crippen LogP contribution < -0.4 is 14.2 Å². The van der Waals surface area contributed by atoms with E-state index >= 15 is 0 Å². The van der Waals surface area contributed by atoms with Crippen molar-refractivity contribution in [3.05, 3.63) is 66.2 Å². The Kier molecular flexibility index (Phi) is 17.4. The summed E-state index contributed by atoms with van der Waals surface area (Å²) in [7, 11) is 0. The molecule has 4 aliphatic rings. The Labute approximate surface area is 428 Å². The van der Waals surface area contributed by atoms with Crippen LogP contribution in [0.5, 0.6) is 40.2 Å². The fourth-order valence-electron chi connectivity index (χ4n) is 8.50. The van der Waals surface area contributed by atoms with Crippen LogP contribution in [0.2, 0.25) is 0 Å². The molecule has 8 rings (SSSR count). The molecule has 0 saturated carbocycles. The van der Waals surface area contributed by atoms with Gasteiger partial charge in [0, 0.05) is 30.3 Å². The average Bonchev–Trinajstić information content (AvgIpc) is 3.40. The first-order valence-corrected chi connectivity index (χ1v) is 23.4. The second-order valence-electron chi connectivity index (χ2n) is 18.3. The first kappa shape index (κ1) is 56.4. The summed E-state index contributed by atoms with van der Waals surface area (Å²) in [5.74, 6) is -5.54. The number of rotatable bonds is 15. The number of aromatic hydroxyl groups is 4. The molecule has 28 heteroatoms. The maximum absolute atomic E-state index is 12.5. The van der Waals surface area contributed by atoms with Gasteiger partial charge in [0.2, 0.25) is 30.4 Å². The third kappa shape index (κ3) is 11.8. The van der Waals surface area contributed by atoms with E-state index in [1.165, 1.54) is 37.3 Å². The summed E-state index contributed by atoms with van der Waals surface area (Å²) >= 11 is 0. The van der Waals surface area contributed by atoms with E-state index in [0.29, 0.717) is 5.56 Å². The van der Waals surface area contributed by atoms with Crippen LogP contribution in [0.4, 0.5) is 0 Å². The lowest BCUT2D eigenvalue weighted by Crippen LogP contribution is -2.61. The number of carbonyl (C=O) groups is 1. The minimum atomic E-state index is -2.09. The molecule has 1 aromatic heterocycles. The summed E-state index contributed by atoms with van der Waals surface area (Å²) in [5.41, 5.74) is -0.0936. The van der Waals surface area contributed by atoms with Crippen molar-refractivity contribution in [2.75, 3.05) is 19.8 Å². The van der Waals surface area contributed by atoms with Gasteiger partial charge in [-0.15, -0.1) is 0 Å². The van der Waals surface area contributed by atoms with Crippen molar-refractivity contribution in [2.45, 2.75) is 130 Å². The van der Waals surface area contributed by atoms with Gasteiger partial charge in [0.25, 0.3) is 0 Å². The number of ether oxygens (including phenoxy) is 9. The predicted octanol–water partition coefficient (Wildman–Crippen LogP) is -4.14. The van der Waals surface area contributed by atoms with Crippen LogP contribution in [0, 0.1) is 0 Å². The molecule has 17 N–H and O–H groups in total. The molecule has 76 heavy (non-hydrogen) atoms. The molecule has 8 unspecified atom stereocenters. The van der Waals surface area contributed by atoms with Crippen LogP contribution >= 0.6 is 0 Å². The van der Waals surface area contributed by atoms with Crippen molar-refractivity contribution in [3.63, 3.8) is 0 Å². The van der Waals surface area contributed by atoms with E-state index in [-0.39, 0.29) is 28.0 Å². The Morgan fingerprint density at radius 3 is 1.72 bits per heavy atom. The lowest BCUT2D eigenvalue weighted by molar-refractivity contribution is -0.318. The molecule has 4 fully saturated rings. The van der Waals surface area contributed by atoms with Gasteiger partial charge < -0.3 is 129 Å². The van der Waals surface area contributed by atoms with Gasteiger partial charge in [-0.3, -0.25) is 0 Å². The molecule has 28 nitrogen and oxygen atoms in total. The van der Waals surface area contributed by atoms with Gasteiger partial charge in [-0.05, 0) is 30.7 Å². The molecule has 4 aromatic rings. The number of aliphatic hydroxyl groups excluding tert-OH is 13. The van der Waals surface area contributed by atoms with E-state index in [4.69, 9.17) is 47.0 Å². The van der Waals surface area contributed by atoms with Crippen LogP contribution in [0.15, 0.2) is 65.1 Å². The Balaban J connectivity index is 1.10. The van der Waals surface area contributed by atoms with Crippen molar-refractivity contribution in [2.24, 2.45) is 0 Å². The van der Waals surface area contributed by atoms with Crippen molar-refractivity contribution in [3.8, 4) is 51.6 Å². The second-order valence-corrected chi connectivity index (χ2v) is 18.3. The summed E-state index contributed by atoms with van der Waals surface area (Å²) in [4.78, 5) is 12.5. The summed E-state index contributed by atoms with van der Waals surface area (Å²) in [6.07, 6.45) is -33.0. The summed E-state index contributed by atoms with van der Waals surface area (Å²) in [6, 6.07) is 10.9. The van der Waals surface area contributed by atoms with Crippen molar-refractivity contribution in [1.29, 1.82) is 0 Å². The van der Waals surface area contributed by atoms with E-state index in [1.54, 1.807) is 0 Å². The van der Waals surface area contributed by atoms with Gasteiger partial charge in [-0.1, -0.05) is 12.1 Å². The molecule has 416 valence electrons. The third-order valence-electron chi connectivity index (χ3n) is 13.0. The van der Waals surface area contributed by atoms with E-state index < -0.39 is 183 Å². The molecule has 0 spiro atoms. The standard InChI is InChI=1S/C48H56O28/c1-16-31(54)36(59)40(63)45(69-16)68-15-29-35(58)39(62)43(66)48(76-29)73-26-12-21-22(51)10-20(70-46-41(64)38(61)34(57)28(75-46)14-67-30(53)7-4-17-2-5-19(50)6-3-17)11-24(21)71-44(26)18-8-23(52)32(55)25(9-18)72-47-42(65)37(60)33(56)27(13-49)74-47/h2-12,16,27-29,31,33-43,45-49,54,56-66H,13-15H2,1H3,(H3-,50,51,52,53,55)/p+1/t16?,27?,28?,29?,31-,33+,34+,35+,36?,37-,38-,39-,40-,41?,42?,43?,45+,46+,47+,48+/m0/s1. The zero-order valence-corrected chi connectivity index (χ0v) is 39.6. The molecule has 20 atom stereocenters. The molecule has 0 aliphatic carbocycles. The average molecular weight is 1080 g/mol. The number of fused-ring (bicyclic) bond motifs is 1. The molecule has 4 aliphatic heterocycles. The quantitative estimate of drug-likeness (QED) is 0.0233. The Morgan fingerprint density at radius 2 is 1.11 bits per heavy atom. The number of hydrogen-bond acceptors (Lipinski definition) is 27. The molecular weight excluding hydrogens is 1020 g/mol. The summed E-state index contributed by atoms with van der Waals surface area (Å²) in [5, 5.41) is 180. The van der Waals surface area contributed by atoms with Gasteiger partial charge in [0.05, 0.1) is 30.9 Å². The maximum atomic E-state index is 12.5. The Bertz CT molecular complexity index is 2670. The fraction of sp³-hybridized carbons (Fsp3) is 0.500. The number of carbonyl (C=O) groups excluding carboxylic acids is 1. The first-order chi connectivity index (χ1) is 36.0. The first-order valence-electron chi connectivity index (χ1n) is 23.4. The van der Waals surface area contributed by atoms with Gasteiger partial charge >= 0.3 is 17.3 Å². The van der Waals surface area contributed by atoms with Crippen LogP contribution in [-0.4, -0.2) is 235 Å². The predicted molar refractivity (Wildman–Crippen MR) is 246 cm³/mol. The Hall–Kier alpha value is -5.84. The molecule has 0 radical (unpaired) electrons. The van der Waals surface area contributed by atoms with Gasteiger partial charge in [-0.2, -0.15) is 0 Å². The number of hydrogen-bond donors (Lipinski definition) is 17. The summed E-state index contributed by atoms with van der Waals surface area (Å²) in [6.45, 7) is -0.841. The molecule has 5 heterocycles. The highest BCUT2D eigenvalue weighted by Crippen LogP contribution is 2.46. The second kappa shape index (κ2) is 23.4. The van der Waals surface area contributed by atoms with Crippen LogP contribution in [0.25, 0.3) is 28.4 Å². The largest absolute Gasteiger partial charge is 0.508 e. The highest BCUT2D eigenvalue weighted by atomic mass is 16.7. The van der Waals surface area contributed by atoms with E-state index in [9.17, 15) is 91.6 Å². The van der Waals surface area contributed by atoms with Gasteiger partial charge in [-0.25, -0.2) is 9.21 Å². The SMILES string of the molecule is CC1O[C@@H](OCC2O[C@@H](Oc3cc4c(O)cc(O[C@@H]5OC(COC(=O)/C=C/c6ccc(O)cc6)[C@@H](O)[C@H](O)C5O)cc4[o+]c3-c3cc(O)c(O)c(O[C@@H]4OC(CO)[C@@H](O)[C@H](O)C4O)c3)C(O)[C@@H](O)[C@@H]2O)[C@@H](O)C(O)[C@H]1O.